The molecule has 7 heteroatoms. The van der Waals surface area contributed by atoms with Crippen molar-refractivity contribution >= 4 is 17.3 Å². The first-order valence-electron chi connectivity index (χ1n) is 8.66. The summed E-state index contributed by atoms with van der Waals surface area (Å²) in [5, 5.41) is 14.8. The van der Waals surface area contributed by atoms with Crippen molar-refractivity contribution in [1.29, 1.82) is 0 Å². The second kappa shape index (κ2) is 7.97. The molecule has 0 saturated carbocycles. The van der Waals surface area contributed by atoms with Crippen LogP contribution in [0, 0.1) is 10.1 Å². The number of nitro groups is 1. The summed E-state index contributed by atoms with van der Waals surface area (Å²) in [4.78, 5) is 24.7. The van der Waals surface area contributed by atoms with Gasteiger partial charge in [-0.2, -0.15) is 0 Å². The quantitative estimate of drug-likeness (QED) is 0.588. The largest absolute Gasteiger partial charge is 0.371 e. The van der Waals surface area contributed by atoms with E-state index in [-0.39, 0.29) is 17.3 Å². The van der Waals surface area contributed by atoms with Gasteiger partial charge < -0.3 is 16.0 Å². The van der Waals surface area contributed by atoms with E-state index in [1.54, 1.807) is 6.07 Å². The third kappa shape index (κ3) is 4.18. The molecule has 1 aliphatic heterocycles. The zero-order valence-corrected chi connectivity index (χ0v) is 14.4. The highest BCUT2D eigenvalue weighted by atomic mass is 16.6. The van der Waals surface area contributed by atoms with Gasteiger partial charge in [0.2, 0.25) is 5.91 Å². The predicted octanol–water partition coefficient (Wildman–Crippen LogP) is 2.94. The van der Waals surface area contributed by atoms with Crippen LogP contribution in [0.4, 0.5) is 11.4 Å². The Balaban J connectivity index is 1.90. The van der Waals surface area contributed by atoms with Crippen molar-refractivity contribution in [3.8, 4) is 0 Å². The zero-order valence-electron chi connectivity index (χ0n) is 14.4. The summed E-state index contributed by atoms with van der Waals surface area (Å²) in [5.74, 6) is -0.684. The van der Waals surface area contributed by atoms with Crippen molar-refractivity contribution in [2.24, 2.45) is 5.73 Å². The topological polar surface area (TPSA) is 102 Å². The maximum Gasteiger partial charge on any atom is 0.293 e. The first kappa shape index (κ1) is 17.9. The van der Waals surface area contributed by atoms with Gasteiger partial charge in [0.25, 0.3) is 5.69 Å². The van der Waals surface area contributed by atoms with Crippen LogP contribution < -0.4 is 11.1 Å². The average Bonchev–Trinajstić information content (AvgIpc) is 3.15. The van der Waals surface area contributed by atoms with E-state index >= 15 is 0 Å². The summed E-state index contributed by atoms with van der Waals surface area (Å²) in [5.41, 5.74) is 6.66. The van der Waals surface area contributed by atoms with Crippen LogP contribution in [0.3, 0.4) is 0 Å². The van der Waals surface area contributed by atoms with E-state index in [2.05, 4.69) is 10.2 Å². The molecule has 1 aliphatic rings. The smallest absolute Gasteiger partial charge is 0.293 e. The lowest BCUT2D eigenvalue weighted by atomic mass is 10.0. The van der Waals surface area contributed by atoms with E-state index in [0.29, 0.717) is 5.69 Å². The van der Waals surface area contributed by atoms with Gasteiger partial charge in [-0.1, -0.05) is 30.3 Å². The normalized spacial score (nSPS) is 15.5. The van der Waals surface area contributed by atoms with Crippen molar-refractivity contribution in [3.05, 3.63) is 69.8 Å². The Morgan fingerprint density at radius 1 is 1.19 bits per heavy atom. The number of nitrogens with one attached hydrogen (secondary N) is 1. The fraction of sp³-hybridized carbons (Fsp3) is 0.316. The molecule has 0 aromatic heterocycles. The van der Waals surface area contributed by atoms with Gasteiger partial charge in [-0.05, 0) is 43.6 Å². The number of carbonyl (C=O) groups excluding carboxylic acids is 1. The van der Waals surface area contributed by atoms with Gasteiger partial charge in [-0.25, -0.2) is 0 Å². The Kier molecular flexibility index (Phi) is 5.48. The Morgan fingerprint density at radius 2 is 1.88 bits per heavy atom. The number of hydrogen-bond donors (Lipinski definition) is 2. The van der Waals surface area contributed by atoms with Crippen LogP contribution >= 0.6 is 0 Å². The number of hydrogen-bond acceptors (Lipinski definition) is 5. The molecule has 0 aliphatic carbocycles. The maximum absolute atomic E-state index is 11.5. The monoisotopic (exact) mass is 354 g/mol. The molecule has 2 aromatic rings. The molecule has 1 amide bonds. The number of nitrogens with zero attached hydrogens (tertiary/aromatic N) is 2. The van der Waals surface area contributed by atoms with Crippen molar-refractivity contribution < 1.29 is 9.72 Å². The molecule has 136 valence electrons. The molecular formula is C19H22N4O3. The summed E-state index contributed by atoms with van der Waals surface area (Å²) in [6.45, 7) is 2.83. The number of likely N-dealkylation sites (tertiary alicyclic amines) is 1. The summed E-state index contributed by atoms with van der Waals surface area (Å²) in [6.07, 6.45) is 2.35. The highest BCUT2D eigenvalue weighted by Crippen LogP contribution is 2.30. The summed E-state index contributed by atoms with van der Waals surface area (Å²) < 4.78 is 0. The van der Waals surface area contributed by atoms with Crippen LogP contribution in [0.5, 0.6) is 0 Å². The molecule has 3 N–H and O–H groups in total. The molecule has 7 nitrogen and oxygen atoms in total. The van der Waals surface area contributed by atoms with Crippen LogP contribution in [0.15, 0.2) is 48.5 Å². The molecule has 1 heterocycles. The van der Waals surface area contributed by atoms with Gasteiger partial charge in [0.05, 0.1) is 11.0 Å². The fourth-order valence-electron chi connectivity index (χ4n) is 3.29. The Labute approximate surface area is 152 Å². The van der Waals surface area contributed by atoms with Gasteiger partial charge in [-0.3, -0.25) is 14.9 Å². The lowest BCUT2D eigenvalue weighted by Gasteiger charge is -2.25. The zero-order chi connectivity index (χ0) is 18.5. The van der Waals surface area contributed by atoms with E-state index in [9.17, 15) is 14.9 Å². The first-order chi connectivity index (χ1) is 12.5. The highest BCUT2D eigenvalue weighted by Gasteiger charge is 2.23. The highest BCUT2D eigenvalue weighted by molar-refractivity contribution is 5.94. The minimum Gasteiger partial charge on any atom is -0.371 e. The van der Waals surface area contributed by atoms with Crippen LogP contribution in [-0.2, 0) is 0 Å². The second-order valence-corrected chi connectivity index (χ2v) is 6.47. The van der Waals surface area contributed by atoms with E-state index in [1.165, 1.54) is 25.0 Å². The van der Waals surface area contributed by atoms with Crippen molar-refractivity contribution in [2.45, 2.75) is 18.9 Å². The van der Waals surface area contributed by atoms with Crippen LogP contribution in [0.25, 0.3) is 0 Å². The summed E-state index contributed by atoms with van der Waals surface area (Å²) in [7, 11) is 0. The van der Waals surface area contributed by atoms with Gasteiger partial charge >= 0.3 is 0 Å². The standard InChI is InChI=1S/C19H22N4O3/c20-19(24)15-8-9-16(18(12-15)23(25)26)21-17(13-22-10-4-5-11-22)14-6-2-1-3-7-14/h1-3,6-9,12,17,21H,4-5,10-11,13H2,(H2,20,24)/t17-/m1/s1. The number of primary amides is 1. The van der Waals surface area contributed by atoms with Gasteiger partial charge in [0.15, 0.2) is 0 Å². The second-order valence-electron chi connectivity index (χ2n) is 6.47. The van der Waals surface area contributed by atoms with Crippen molar-refractivity contribution in [3.63, 3.8) is 0 Å². The van der Waals surface area contributed by atoms with E-state index < -0.39 is 10.8 Å². The molecular weight excluding hydrogens is 332 g/mol. The molecule has 0 bridgehead atoms. The summed E-state index contributed by atoms with van der Waals surface area (Å²) in [6, 6.07) is 14.1. The number of nitrogens with two attached hydrogens (primary N) is 1. The minimum absolute atomic E-state index is 0.0903. The molecule has 26 heavy (non-hydrogen) atoms. The third-order valence-electron chi connectivity index (χ3n) is 4.65. The minimum atomic E-state index is -0.684. The van der Waals surface area contributed by atoms with Crippen molar-refractivity contribution in [1.82, 2.24) is 4.90 Å². The van der Waals surface area contributed by atoms with Crippen LogP contribution in [-0.4, -0.2) is 35.4 Å². The molecule has 0 radical (unpaired) electrons. The fourth-order valence-corrected chi connectivity index (χ4v) is 3.29. The van der Waals surface area contributed by atoms with Crippen LogP contribution in [0.1, 0.15) is 34.8 Å². The molecule has 1 atom stereocenters. The Bertz CT molecular complexity index is 789. The molecule has 0 spiro atoms. The van der Waals surface area contributed by atoms with E-state index in [4.69, 9.17) is 5.73 Å². The lowest BCUT2D eigenvalue weighted by molar-refractivity contribution is -0.384. The predicted molar refractivity (Wildman–Crippen MR) is 100 cm³/mol. The number of benzene rings is 2. The SMILES string of the molecule is NC(=O)c1ccc(N[C@H](CN2CCCC2)c2ccccc2)c([N+](=O)[O-])c1. The number of nitro benzene ring substituents is 1. The van der Waals surface area contributed by atoms with Gasteiger partial charge in [0, 0.05) is 18.2 Å². The lowest BCUT2D eigenvalue weighted by Crippen LogP contribution is -2.29. The number of anilines is 1. The molecule has 3 rings (SSSR count). The number of carbonyl (C=O) groups is 1. The first-order valence-corrected chi connectivity index (χ1v) is 8.66. The molecule has 2 aromatic carbocycles. The van der Waals surface area contributed by atoms with Gasteiger partial charge in [0.1, 0.15) is 5.69 Å². The van der Waals surface area contributed by atoms with Gasteiger partial charge in [-0.15, -0.1) is 0 Å². The number of rotatable bonds is 7. The maximum atomic E-state index is 11.5. The van der Waals surface area contributed by atoms with E-state index in [1.807, 2.05) is 30.3 Å². The van der Waals surface area contributed by atoms with Crippen LogP contribution in [0.2, 0.25) is 0 Å². The molecule has 1 fully saturated rings. The molecule has 0 unspecified atom stereocenters. The summed E-state index contributed by atoms with van der Waals surface area (Å²) >= 11 is 0. The average molecular weight is 354 g/mol. The molecule has 1 saturated heterocycles. The Hall–Kier alpha value is -2.93. The van der Waals surface area contributed by atoms with Crippen molar-refractivity contribution in [2.75, 3.05) is 25.0 Å². The third-order valence-corrected chi connectivity index (χ3v) is 4.65. The number of amides is 1. The van der Waals surface area contributed by atoms with E-state index in [0.717, 1.165) is 25.2 Å². The Morgan fingerprint density at radius 3 is 2.50 bits per heavy atom.